The SMILES string of the molecule is CNCCCCC(C(=O)OC(C)(C)C)N(Cc1ccc(OC)cc1OCCCC(=O)O)C(=O)OCC1c2ccccc2-c2ccccc21. The van der Waals surface area contributed by atoms with Crippen LogP contribution in [-0.2, 0) is 25.6 Å². The maximum atomic E-state index is 14.3. The molecule has 0 heterocycles. The van der Waals surface area contributed by atoms with E-state index in [9.17, 15) is 14.4 Å². The highest BCUT2D eigenvalue weighted by atomic mass is 16.6. The summed E-state index contributed by atoms with van der Waals surface area (Å²) in [6, 6.07) is 20.5. The van der Waals surface area contributed by atoms with Crippen LogP contribution in [0.25, 0.3) is 11.1 Å². The molecule has 1 aliphatic carbocycles. The molecule has 0 saturated heterocycles. The van der Waals surface area contributed by atoms with Crippen LogP contribution < -0.4 is 14.8 Å². The van der Waals surface area contributed by atoms with Gasteiger partial charge in [-0.2, -0.15) is 0 Å². The van der Waals surface area contributed by atoms with Crippen molar-refractivity contribution in [3.05, 3.63) is 83.4 Å². The van der Waals surface area contributed by atoms with Crippen LogP contribution in [0.2, 0.25) is 0 Å². The number of esters is 1. The van der Waals surface area contributed by atoms with Gasteiger partial charge in [0, 0.05) is 24.0 Å². The second kappa shape index (κ2) is 17.0. The maximum absolute atomic E-state index is 14.3. The average molecular weight is 661 g/mol. The minimum absolute atomic E-state index is 0.00906. The molecule has 10 nitrogen and oxygen atoms in total. The Morgan fingerprint density at radius 1 is 0.938 bits per heavy atom. The first-order valence-electron chi connectivity index (χ1n) is 16.5. The van der Waals surface area contributed by atoms with E-state index < -0.39 is 29.7 Å². The molecule has 48 heavy (non-hydrogen) atoms. The number of nitrogens with one attached hydrogen (secondary N) is 1. The zero-order valence-corrected chi connectivity index (χ0v) is 28.6. The first-order valence-corrected chi connectivity index (χ1v) is 16.5. The molecule has 2 N–H and O–H groups in total. The number of fused-ring (bicyclic) bond motifs is 3. The second-order valence-corrected chi connectivity index (χ2v) is 12.9. The van der Waals surface area contributed by atoms with E-state index in [1.807, 2.05) is 31.3 Å². The number of nitrogens with zero attached hydrogens (tertiary/aromatic N) is 1. The van der Waals surface area contributed by atoms with Gasteiger partial charge in [-0.15, -0.1) is 0 Å². The first kappa shape index (κ1) is 36.3. The normalized spacial score (nSPS) is 12.9. The summed E-state index contributed by atoms with van der Waals surface area (Å²) >= 11 is 0. The van der Waals surface area contributed by atoms with Crippen LogP contribution in [0.3, 0.4) is 0 Å². The summed E-state index contributed by atoms with van der Waals surface area (Å²) in [5.74, 6) is -0.625. The maximum Gasteiger partial charge on any atom is 0.410 e. The summed E-state index contributed by atoms with van der Waals surface area (Å²) in [6.07, 6.45) is 1.45. The zero-order chi connectivity index (χ0) is 34.7. The molecule has 10 heteroatoms. The van der Waals surface area contributed by atoms with E-state index in [0.717, 1.165) is 35.2 Å². The quantitative estimate of drug-likeness (QED) is 0.119. The van der Waals surface area contributed by atoms with E-state index in [-0.39, 0.29) is 32.1 Å². The molecular formula is C38H48N2O8. The molecule has 4 rings (SSSR count). The van der Waals surface area contributed by atoms with Gasteiger partial charge in [-0.3, -0.25) is 9.69 Å². The fourth-order valence-electron chi connectivity index (χ4n) is 5.90. The van der Waals surface area contributed by atoms with Gasteiger partial charge in [0.15, 0.2) is 0 Å². The molecule has 3 aromatic rings. The predicted molar refractivity (Wildman–Crippen MR) is 183 cm³/mol. The summed E-state index contributed by atoms with van der Waals surface area (Å²) in [6.45, 7) is 6.39. The van der Waals surface area contributed by atoms with Gasteiger partial charge in [0.25, 0.3) is 0 Å². The van der Waals surface area contributed by atoms with Crippen LogP contribution in [0.1, 0.15) is 75.5 Å². The minimum Gasteiger partial charge on any atom is -0.497 e. The Morgan fingerprint density at radius 3 is 2.21 bits per heavy atom. The molecule has 0 saturated carbocycles. The number of rotatable bonds is 17. The smallest absolute Gasteiger partial charge is 0.410 e. The van der Waals surface area contributed by atoms with Gasteiger partial charge in [-0.25, -0.2) is 9.59 Å². The van der Waals surface area contributed by atoms with Gasteiger partial charge in [0.1, 0.15) is 29.7 Å². The fraction of sp³-hybridized carbons (Fsp3) is 0.447. The number of carboxylic acids is 1. The lowest BCUT2D eigenvalue weighted by atomic mass is 9.98. The Hall–Kier alpha value is -4.57. The molecule has 0 aliphatic heterocycles. The minimum atomic E-state index is -0.932. The fourth-order valence-corrected chi connectivity index (χ4v) is 5.90. The van der Waals surface area contributed by atoms with Gasteiger partial charge < -0.3 is 29.4 Å². The van der Waals surface area contributed by atoms with E-state index >= 15 is 0 Å². The molecule has 1 unspecified atom stereocenters. The Morgan fingerprint density at radius 2 is 1.60 bits per heavy atom. The molecule has 1 aliphatic rings. The number of carboxylic acid groups (broad SMARTS) is 1. The number of benzene rings is 3. The van der Waals surface area contributed by atoms with Crippen LogP contribution >= 0.6 is 0 Å². The van der Waals surface area contributed by atoms with E-state index in [0.29, 0.717) is 36.3 Å². The number of hydrogen-bond acceptors (Lipinski definition) is 8. The molecule has 0 bridgehead atoms. The third-order valence-corrected chi connectivity index (χ3v) is 8.19. The van der Waals surface area contributed by atoms with Crippen molar-refractivity contribution < 1.29 is 38.4 Å². The standard InChI is InChI=1S/C38H48N2O8/c1-38(2,3)48-36(43)33(17-10-11-21-39-4)40(24-26-19-20-27(45-5)23-34(26)46-22-12-18-35(41)42)37(44)47-25-32-30-15-8-6-13-28(30)29-14-7-9-16-31(29)32/h6-9,13-16,19-20,23,32-33,39H,10-12,17-18,21-22,24-25H2,1-5H3,(H,41,42). The highest BCUT2D eigenvalue weighted by molar-refractivity contribution is 5.82. The third-order valence-electron chi connectivity index (χ3n) is 8.19. The van der Waals surface area contributed by atoms with Crippen molar-refractivity contribution in [2.45, 2.75) is 77.0 Å². The zero-order valence-electron chi connectivity index (χ0n) is 28.6. The third kappa shape index (κ3) is 9.73. The van der Waals surface area contributed by atoms with Crippen molar-refractivity contribution in [2.24, 2.45) is 0 Å². The topological polar surface area (TPSA) is 124 Å². The summed E-state index contributed by atoms with van der Waals surface area (Å²) in [5.41, 5.74) is 4.24. The van der Waals surface area contributed by atoms with E-state index in [4.69, 9.17) is 24.1 Å². The van der Waals surface area contributed by atoms with E-state index in [1.54, 1.807) is 39.0 Å². The van der Waals surface area contributed by atoms with Crippen molar-refractivity contribution in [1.29, 1.82) is 0 Å². The monoisotopic (exact) mass is 660 g/mol. The van der Waals surface area contributed by atoms with Crippen molar-refractivity contribution >= 4 is 18.0 Å². The number of amides is 1. The number of methoxy groups -OCH3 is 1. The molecule has 1 atom stereocenters. The summed E-state index contributed by atoms with van der Waals surface area (Å²) in [5, 5.41) is 12.2. The van der Waals surface area contributed by atoms with Crippen LogP contribution in [-0.4, -0.2) is 73.6 Å². The Labute approximate surface area is 283 Å². The van der Waals surface area contributed by atoms with Crippen molar-refractivity contribution in [3.63, 3.8) is 0 Å². The molecule has 0 radical (unpaired) electrons. The average Bonchev–Trinajstić information content (AvgIpc) is 3.37. The van der Waals surface area contributed by atoms with Gasteiger partial charge in [0.05, 0.1) is 20.3 Å². The number of carbonyl (C=O) groups is 3. The molecule has 1 amide bonds. The van der Waals surface area contributed by atoms with Crippen LogP contribution in [0.4, 0.5) is 4.79 Å². The molecule has 0 fully saturated rings. The Kier molecular flexibility index (Phi) is 12.9. The number of unbranched alkanes of at least 4 members (excludes halogenated alkanes) is 1. The van der Waals surface area contributed by atoms with Gasteiger partial charge in [-0.1, -0.05) is 48.5 Å². The van der Waals surface area contributed by atoms with Crippen molar-refractivity contribution in [1.82, 2.24) is 10.2 Å². The molecular weight excluding hydrogens is 612 g/mol. The number of carbonyl (C=O) groups excluding carboxylic acids is 2. The van der Waals surface area contributed by atoms with Gasteiger partial charge in [-0.05, 0) is 94.4 Å². The van der Waals surface area contributed by atoms with Crippen LogP contribution in [0, 0.1) is 0 Å². The largest absolute Gasteiger partial charge is 0.497 e. The lowest BCUT2D eigenvalue weighted by Crippen LogP contribution is -2.47. The molecule has 3 aromatic carbocycles. The van der Waals surface area contributed by atoms with Gasteiger partial charge in [0.2, 0.25) is 0 Å². The number of ether oxygens (including phenoxy) is 4. The van der Waals surface area contributed by atoms with E-state index in [2.05, 4.69) is 29.6 Å². The van der Waals surface area contributed by atoms with Gasteiger partial charge >= 0.3 is 18.0 Å². The Bertz CT molecular complexity index is 1500. The lowest BCUT2D eigenvalue weighted by Gasteiger charge is -2.33. The summed E-state index contributed by atoms with van der Waals surface area (Å²) in [4.78, 5) is 40.6. The predicted octanol–water partition coefficient (Wildman–Crippen LogP) is 6.79. The van der Waals surface area contributed by atoms with Crippen molar-refractivity contribution in [2.75, 3.05) is 33.9 Å². The number of hydrogen-bond donors (Lipinski definition) is 2. The first-order chi connectivity index (χ1) is 23.0. The molecule has 0 spiro atoms. The Balaban J connectivity index is 1.66. The van der Waals surface area contributed by atoms with Crippen molar-refractivity contribution in [3.8, 4) is 22.6 Å². The lowest BCUT2D eigenvalue weighted by molar-refractivity contribution is -0.161. The van der Waals surface area contributed by atoms with Crippen LogP contribution in [0.5, 0.6) is 11.5 Å². The highest BCUT2D eigenvalue weighted by Crippen LogP contribution is 2.44. The summed E-state index contributed by atoms with van der Waals surface area (Å²) < 4.78 is 23.4. The van der Waals surface area contributed by atoms with Crippen LogP contribution in [0.15, 0.2) is 66.7 Å². The molecule has 258 valence electrons. The number of aliphatic carboxylic acids is 1. The summed E-state index contributed by atoms with van der Waals surface area (Å²) in [7, 11) is 3.41. The van der Waals surface area contributed by atoms with E-state index in [1.165, 1.54) is 12.0 Å². The molecule has 0 aromatic heterocycles. The highest BCUT2D eigenvalue weighted by Gasteiger charge is 2.36. The second-order valence-electron chi connectivity index (χ2n) is 12.9.